The molecule has 1 amide bonds. The number of nitrogens with one attached hydrogen (secondary N) is 1. The molecule has 1 rings (SSSR count). The molecule has 0 spiro atoms. The summed E-state index contributed by atoms with van der Waals surface area (Å²) in [5.41, 5.74) is 1.05. The molecule has 0 saturated heterocycles. The van der Waals surface area contributed by atoms with Gasteiger partial charge in [-0.1, -0.05) is 38.1 Å². The SMILES string of the molecule is C/C=C/C=C/C(=O)OCC(=O)Nc1cc(S(=O)(=O)N(CC)CC)ccc1C. The van der Waals surface area contributed by atoms with Crippen molar-refractivity contribution >= 4 is 27.6 Å². The summed E-state index contributed by atoms with van der Waals surface area (Å²) >= 11 is 0. The highest BCUT2D eigenvalue weighted by Gasteiger charge is 2.22. The van der Waals surface area contributed by atoms with E-state index < -0.39 is 28.5 Å². The maximum atomic E-state index is 12.6. The number of nitrogens with zero attached hydrogens (tertiary/aromatic N) is 1. The lowest BCUT2D eigenvalue weighted by Crippen LogP contribution is -2.30. The van der Waals surface area contributed by atoms with E-state index in [9.17, 15) is 18.0 Å². The van der Waals surface area contributed by atoms with Gasteiger partial charge in [0.25, 0.3) is 5.91 Å². The van der Waals surface area contributed by atoms with E-state index in [4.69, 9.17) is 4.74 Å². The molecule has 148 valence electrons. The van der Waals surface area contributed by atoms with Gasteiger partial charge in [0.05, 0.1) is 4.90 Å². The van der Waals surface area contributed by atoms with Crippen LogP contribution in [0.3, 0.4) is 0 Å². The first-order valence-electron chi connectivity index (χ1n) is 8.63. The Morgan fingerprint density at radius 1 is 1.19 bits per heavy atom. The minimum Gasteiger partial charge on any atom is -0.452 e. The van der Waals surface area contributed by atoms with Crippen molar-refractivity contribution in [2.75, 3.05) is 25.0 Å². The fourth-order valence-corrected chi connectivity index (χ4v) is 3.71. The Balaban J connectivity index is 2.86. The fraction of sp³-hybridized carbons (Fsp3) is 0.368. The van der Waals surface area contributed by atoms with Crippen molar-refractivity contribution < 1.29 is 22.7 Å². The number of carbonyl (C=O) groups is 2. The third-order valence-corrected chi connectivity index (χ3v) is 5.75. The molecule has 0 heterocycles. The monoisotopic (exact) mass is 394 g/mol. The summed E-state index contributed by atoms with van der Waals surface area (Å²) in [6, 6.07) is 4.54. The van der Waals surface area contributed by atoms with E-state index in [1.807, 2.05) is 0 Å². The number of rotatable bonds is 9. The standard InChI is InChI=1S/C19H26N2O5S/c1-5-8-9-10-19(23)26-14-18(22)20-17-13-16(12-11-15(17)4)27(24,25)21(6-2)7-3/h5,8-13H,6-7,14H2,1-4H3,(H,20,22)/b8-5+,10-9+. The van der Waals surface area contributed by atoms with Crippen molar-refractivity contribution in [2.45, 2.75) is 32.6 Å². The van der Waals surface area contributed by atoms with Crippen LogP contribution in [-0.4, -0.2) is 44.3 Å². The molecule has 1 N–H and O–H groups in total. The first-order valence-corrected chi connectivity index (χ1v) is 10.1. The van der Waals surface area contributed by atoms with Crippen LogP contribution in [0.1, 0.15) is 26.3 Å². The summed E-state index contributed by atoms with van der Waals surface area (Å²) in [5, 5.41) is 2.58. The molecule has 0 bridgehead atoms. The van der Waals surface area contributed by atoms with Gasteiger partial charge in [-0.05, 0) is 31.5 Å². The highest BCUT2D eigenvalue weighted by molar-refractivity contribution is 7.89. The topological polar surface area (TPSA) is 92.8 Å². The van der Waals surface area contributed by atoms with Gasteiger partial charge in [-0.25, -0.2) is 13.2 Å². The van der Waals surface area contributed by atoms with Gasteiger partial charge in [0.15, 0.2) is 6.61 Å². The van der Waals surface area contributed by atoms with Crippen LogP contribution in [0.15, 0.2) is 47.4 Å². The van der Waals surface area contributed by atoms with E-state index >= 15 is 0 Å². The minimum atomic E-state index is -3.63. The average molecular weight is 394 g/mol. The number of anilines is 1. The Morgan fingerprint density at radius 3 is 2.44 bits per heavy atom. The second-order valence-electron chi connectivity index (χ2n) is 5.61. The predicted octanol–water partition coefficient (Wildman–Crippen LogP) is 2.64. The summed E-state index contributed by atoms with van der Waals surface area (Å²) in [7, 11) is -3.63. The lowest BCUT2D eigenvalue weighted by atomic mass is 10.2. The third kappa shape index (κ3) is 6.65. The number of sulfonamides is 1. The molecule has 0 unspecified atom stereocenters. The summed E-state index contributed by atoms with van der Waals surface area (Å²) in [6.45, 7) is 7.31. The second-order valence-corrected chi connectivity index (χ2v) is 7.54. The Kier molecular flexibility index (Phi) is 8.90. The molecule has 7 nitrogen and oxygen atoms in total. The number of aryl methyl sites for hydroxylation is 1. The molecule has 27 heavy (non-hydrogen) atoms. The lowest BCUT2D eigenvalue weighted by molar-refractivity contribution is -0.142. The van der Waals surface area contributed by atoms with Crippen LogP contribution in [0.2, 0.25) is 0 Å². The van der Waals surface area contributed by atoms with Gasteiger partial charge in [0.2, 0.25) is 10.0 Å². The molecule has 0 aliphatic carbocycles. The quantitative estimate of drug-likeness (QED) is 0.395. The van der Waals surface area contributed by atoms with Gasteiger partial charge >= 0.3 is 5.97 Å². The summed E-state index contributed by atoms with van der Waals surface area (Å²) in [4.78, 5) is 23.6. The van der Waals surface area contributed by atoms with Crippen LogP contribution < -0.4 is 5.32 Å². The molecule has 8 heteroatoms. The predicted molar refractivity (Wildman–Crippen MR) is 105 cm³/mol. The van der Waals surface area contributed by atoms with Crippen LogP contribution in [0.5, 0.6) is 0 Å². The molecule has 0 fully saturated rings. The van der Waals surface area contributed by atoms with Crippen molar-refractivity contribution in [3.05, 3.63) is 48.1 Å². The van der Waals surface area contributed by atoms with Crippen molar-refractivity contribution in [2.24, 2.45) is 0 Å². The number of hydrogen-bond donors (Lipinski definition) is 1. The Labute approximate surface area is 160 Å². The number of carbonyl (C=O) groups excluding carboxylic acids is 2. The Morgan fingerprint density at radius 2 is 1.85 bits per heavy atom. The van der Waals surface area contributed by atoms with Crippen molar-refractivity contribution in [3.63, 3.8) is 0 Å². The molecule has 0 radical (unpaired) electrons. The number of hydrogen-bond acceptors (Lipinski definition) is 5. The zero-order valence-electron chi connectivity index (χ0n) is 16.1. The zero-order chi connectivity index (χ0) is 20.4. The summed E-state index contributed by atoms with van der Waals surface area (Å²) in [5.74, 6) is -1.19. The molecule has 0 atom stereocenters. The van der Waals surface area contributed by atoms with Crippen molar-refractivity contribution in [1.29, 1.82) is 0 Å². The van der Waals surface area contributed by atoms with Crippen LogP contribution >= 0.6 is 0 Å². The van der Waals surface area contributed by atoms with E-state index in [-0.39, 0.29) is 4.90 Å². The first-order chi connectivity index (χ1) is 12.8. The number of allylic oxidation sites excluding steroid dienone is 3. The van der Waals surface area contributed by atoms with Crippen molar-refractivity contribution in [1.82, 2.24) is 4.31 Å². The van der Waals surface area contributed by atoms with E-state index in [2.05, 4.69) is 5.32 Å². The average Bonchev–Trinajstić information content (AvgIpc) is 2.62. The zero-order valence-corrected chi connectivity index (χ0v) is 16.9. The Bertz CT molecular complexity index is 825. The normalized spacial score (nSPS) is 12.0. The number of esters is 1. The molecule has 0 saturated carbocycles. The fourth-order valence-electron chi connectivity index (χ4n) is 2.23. The molecule has 0 aliphatic heterocycles. The van der Waals surface area contributed by atoms with Gasteiger partial charge < -0.3 is 10.1 Å². The largest absolute Gasteiger partial charge is 0.452 e. The van der Waals surface area contributed by atoms with Crippen LogP contribution in [0.25, 0.3) is 0 Å². The number of amides is 1. The molecule has 0 aromatic heterocycles. The van der Waals surface area contributed by atoms with Gasteiger partial charge in [-0.3, -0.25) is 4.79 Å². The van der Waals surface area contributed by atoms with Crippen LogP contribution in [-0.2, 0) is 24.3 Å². The minimum absolute atomic E-state index is 0.0957. The van der Waals surface area contributed by atoms with Gasteiger partial charge in [0.1, 0.15) is 0 Å². The summed E-state index contributed by atoms with van der Waals surface area (Å²) in [6.07, 6.45) is 6.12. The Hall–Kier alpha value is -2.45. The molecular formula is C19H26N2O5S. The molecule has 0 aliphatic rings. The molecule has 1 aromatic rings. The van der Waals surface area contributed by atoms with Crippen LogP contribution in [0.4, 0.5) is 5.69 Å². The number of ether oxygens (including phenoxy) is 1. The van der Waals surface area contributed by atoms with E-state index in [0.29, 0.717) is 24.3 Å². The van der Waals surface area contributed by atoms with Gasteiger partial charge in [-0.15, -0.1) is 0 Å². The highest BCUT2D eigenvalue weighted by Crippen LogP contribution is 2.23. The highest BCUT2D eigenvalue weighted by atomic mass is 32.2. The lowest BCUT2D eigenvalue weighted by Gasteiger charge is -2.19. The van der Waals surface area contributed by atoms with Crippen molar-refractivity contribution in [3.8, 4) is 0 Å². The first kappa shape index (κ1) is 22.6. The van der Waals surface area contributed by atoms with E-state index in [0.717, 1.165) is 0 Å². The van der Waals surface area contributed by atoms with E-state index in [1.54, 1.807) is 45.9 Å². The van der Waals surface area contributed by atoms with Gasteiger partial charge in [-0.2, -0.15) is 4.31 Å². The maximum Gasteiger partial charge on any atom is 0.331 e. The second kappa shape index (κ2) is 10.6. The molecule has 1 aromatic carbocycles. The van der Waals surface area contributed by atoms with Gasteiger partial charge in [0, 0.05) is 24.9 Å². The van der Waals surface area contributed by atoms with E-state index in [1.165, 1.54) is 28.6 Å². The number of benzene rings is 1. The molecular weight excluding hydrogens is 368 g/mol. The van der Waals surface area contributed by atoms with Crippen LogP contribution in [0, 0.1) is 6.92 Å². The third-order valence-electron chi connectivity index (χ3n) is 3.71. The maximum absolute atomic E-state index is 12.6. The summed E-state index contributed by atoms with van der Waals surface area (Å²) < 4.78 is 31.4. The smallest absolute Gasteiger partial charge is 0.331 e.